The average molecular weight is 74.1 g/mol. The van der Waals surface area contributed by atoms with E-state index in [1.807, 2.05) is 0 Å². The SMILES string of the molecule is OC#CCF. The van der Waals surface area contributed by atoms with Crippen molar-refractivity contribution in [1.82, 2.24) is 0 Å². The lowest BCUT2D eigenvalue weighted by atomic mass is 10.8. The van der Waals surface area contributed by atoms with Gasteiger partial charge in [-0.05, 0) is 5.92 Å². The molecule has 0 unspecified atom stereocenters. The molecule has 0 radical (unpaired) electrons. The van der Waals surface area contributed by atoms with Crippen molar-refractivity contribution in [3.8, 4) is 12.0 Å². The van der Waals surface area contributed by atoms with Gasteiger partial charge < -0.3 is 5.11 Å². The number of hydrogen-bond donors (Lipinski definition) is 1. The van der Waals surface area contributed by atoms with Crippen LogP contribution >= 0.6 is 0 Å². The zero-order valence-corrected chi connectivity index (χ0v) is 2.53. The number of halogens is 1. The van der Waals surface area contributed by atoms with Crippen LogP contribution in [0.1, 0.15) is 0 Å². The molecule has 1 N–H and O–H groups in total. The van der Waals surface area contributed by atoms with Crippen molar-refractivity contribution in [3.05, 3.63) is 0 Å². The van der Waals surface area contributed by atoms with E-state index < -0.39 is 6.67 Å². The first kappa shape index (κ1) is 4.29. The summed E-state index contributed by atoms with van der Waals surface area (Å²) in [7, 11) is 0. The van der Waals surface area contributed by atoms with Crippen LogP contribution in [-0.2, 0) is 0 Å². The van der Waals surface area contributed by atoms with Gasteiger partial charge in [0.05, 0.1) is 0 Å². The van der Waals surface area contributed by atoms with E-state index in [9.17, 15) is 4.39 Å². The maximum absolute atomic E-state index is 10.7. The molecule has 0 bridgehead atoms. The molecule has 0 aromatic heterocycles. The van der Waals surface area contributed by atoms with Crippen molar-refractivity contribution in [2.75, 3.05) is 6.67 Å². The molecule has 1 nitrogen and oxygen atoms in total. The Morgan fingerprint density at radius 3 is 2.40 bits per heavy atom. The molecule has 0 aliphatic carbocycles. The molecule has 0 saturated carbocycles. The Morgan fingerprint density at radius 1 is 1.80 bits per heavy atom. The third-order valence-corrected chi connectivity index (χ3v) is 0.146. The fourth-order valence-corrected chi connectivity index (χ4v) is 0.0299. The fraction of sp³-hybridized carbons (Fsp3) is 0.333. The van der Waals surface area contributed by atoms with E-state index in [4.69, 9.17) is 5.11 Å². The van der Waals surface area contributed by atoms with Crippen LogP contribution in [0.25, 0.3) is 0 Å². The number of alkyl halides is 1. The predicted molar refractivity (Wildman–Crippen MR) is 15.7 cm³/mol. The Balaban J connectivity index is 2.81. The molecule has 5 heavy (non-hydrogen) atoms. The smallest absolute Gasteiger partial charge is 0.153 e. The summed E-state index contributed by atoms with van der Waals surface area (Å²) in [6.45, 7) is -0.767. The summed E-state index contributed by atoms with van der Waals surface area (Å²) >= 11 is 0. The molecule has 2 heteroatoms. The zero-order chi connectivity index (χ0) is 4.12. The van der Waals surface area contributed by atoms with Crippen molar-refractivity contribution < 1.29 is 9.50 Å². The maximum atomic E-state index is 10.7. The normalized spacial score (nSPS) is 5.00. The van der Waals surface area contributed by atoms with E-state index >= 15 is 0 Å². The lowest BCUT2D eigenvalue weighted by Gasteiger charge is -1.55. The topological polar surface area (TPSA) is 20.2 Å². The highest BCUT2D eigenvalue weighted by Gasteiger charge is 1.54. The van der Waals surface area contributed by atoms with Crippen molar-refractivity contribution in [3.63, 3.8) is 0 Å². The van der Waals surface area contributed by atoms with Gasteiger partial charge in [-0.25, -0.2) is 4.39 Å². The fourth-order valence-electron chi connectivity index (χ4n) is 0.0299. The molecule has 28 valence electrons. The summed E-state index contributed by atoms with van der Waals surface area (Å²) in [4.78, 5) is 0. The lowest BCUT2D eigenvalue weighted by Crippen LogP contribution is -1.57. The first-order chi connectivity index (χ1) is 2.41. The number of rotatable bonds is 0. The minimum absolute atomic E-state index is 0.767. The van der Waals surface area contributed by atoms with Crippen molar-refractivity contribution >= 4 is 0 Å². The van der Waals surface area contributed by atoms with Gasteiger partial charge in [0.25, 0.3) is 0 Å². The molecule has 0 amide bonds. The predicted octanol–water partition coefficient (Wildman–Crippen LogP) is 0.289. The van der Waals surface area contributed by atoms with Crippen molar-refractivity contribution in [2.24, 2.45) is 0 Å². The van der Waals surface area contributed by atoms with Gasteiger partial charge in [-0.1, -0.05) is 0 Å². The highest BCUT2D eigenvalue weighted by molar-refractivity contribution is 4.88. The van der Waals surface area contributed by atoms with E-state index in [2.05, 4.69) is 0 Å². The Hall–Kier alpha value is -0.710. The molecule has 0 aliphatic heterocycles. The number of aliphatic hydroxyl groups is 1. The van der Waals surface area contributed by atoms with Gasteiger partial charge in [-0.3, -0.25) is 0 Å². The highest BCUT2D eigenvalue weighted by Crippen LogP contribution is 1.54. The van der Waals surface area contributed by atoms with Crippen LogP contribution in [0, 0.1) is 12.0 Å². The van der Waals surface area contributed by atoms with Crippen LogP contribution < -0.4 is 0 Å². The first-order valence-corrected chi connectivity index (χ1v) is 1.09. The molecule has 0 fully saturated rings. The second kappa shape index (κ2) is 3.29. The highest BCUT2D eigenvalue weighted by atomic mass is 19.1. The Labute approximate surface area is 29.4 Å². The van der Waals surface area contributed by atoms with Gasteiger partial charge in [-0.2, -0.15) is 0 Å². The minimum Gasteiger partial charge on any atom is -0.462 e. The molecule has 0 saturated heterocycles. The zero-order valence-electron chi connectivity index (χ0n) is 2.53. The summed E-state index contributed by atoms with van der Waals surface area (Å²) < 4.78 is 10.7. The molecular formula is C3H3FO. The van der Waals surface area contributed by atoms with Gasteiger partial charge >= 0.3 is 0 Å². The summed E-state index contributed by atoms with van der Waals surface area (Å²) in [5, 5.41) is 7.47. The van der Waals surface area contributed by atoms with E-state index in [-0.39, 0.29) is 0 Å². The third kappa shape index (κ3) is 3.29. The minimum atomic E-state index is -0.767. The Morgan fingerprint density at radius 2 is 2.40 bits per heavy atom. The maximum Gasteiger partial charge on any atom is 0.153 e. The van der Waals surface area contributed by atoms with Gasteiger partial charge in [0.2, 0.25) is 0 Å². The van der Waals surface area contributed by atoms with Crippen molar-refractivity contribution in [1.29, 1.82) is 0 Å². The summed E-state index contributed by atoms with van der Waals surface area (Å²) in [6.07, 6.45) is 1.39. The van der Waals surface area contributed by atoms with Gasteiger partial charge in [-0.15, -0.1) is 0 Å². The van der Waals surface area contributed by atoms with E-state index in [1.165, 1.54) is 6.11 Å². The molecule has 0 aromatic rings. The molecule has 0 rings (SSSR count). The summed E-state index contributed by atoms with van der Waals surface area (Å²) in [5.41, 5.74) is 0. The number of aliphatic hydroxyl groups excluding tert-OH is 1. The average Bonchev–Trinajstić information content (AvgIpc) is 1.41. The van der Waals surface area contributed by atoms with Crippen LogP contribution in [0.2, 0.25) is 0 Å². The Bertz CT molecular complexity index is 59.0. The van der Waals surface area contributed by atoms with E-state index in [0.717, 1.165) is 0 Å². The quantitative estimate of drug-likeness (QED) is 0.409. The summed E-state index contributed by atoms with van der Waals surface area (Å²) in [5.74, 6) is 1.75. The molecule has 0 spiro atoms. The van der Waals surface area contributed by atoms with Crippen LogP contribution in [0.5, 0.6) is 0 Å². The molecule has 0 aromatic carbocycles. The second-order valence-corrected chi connectivity index (χ2v) is 0.422. The molecule has 0 aliphatic rings. The van der Waals surface area contributed by atoms with Gasteiger partial charge in [0.1, 0.15) is 6.11 Å². The standard InChI is InChI=1S/C3H3FO/c4-2-1-3-5/h5H,2H2. The van der Waals surface area contributed by atoms with Crippen LogP contribution in [0.15, 0.2) is 0 Å². The van der Waals surface area contributed by atoms with Crippen LogP contribution in [0.3, 0.4) is 0 Å². The molecule has 0 heterocycles. The first-order valence-electron chi connectivity index (χ1n) is 1.09. The van der Waals surface area contributed by atoms with Crippen molar-refractivity contribution in [2.45, 2.75) is 0 Å². The third-order valence-electron chi connectivity index (χ3n) is 0.146. The van der Waals surface area contributed by atoms with Gasteiger partial charge in [0, 0.05) is 0 Å². The van der Waals surface area contributed by atoms with Crippen LogP contribution in [-0.4, -0.2) is 11.8 Å². The monoisotopic (exact) mass is 74.0 g/mol. The van der Waals surface area contributed by atoms with E-state index in [1.54, 1.807) is 5.92 Å². The van der Waals surface area contributed by atoms with E-state index in [0.29, 0.717) is 0 Å². The molecule has 0 atom stereocenters. The largest absolute Gasteiger partial charge is 0.462 e. The summed E-state index contributed by atoms with van der Waals surface area (Å²) in [6, 6.07) is 0. The molecular weight excluding hydrogens is 71.0 g/mol. The lowest BCUT2D eigenvalue weighted by molar-refractivity contribution is 0.509. The number of hydrogen-bond acceptors (Lipinski definition) is 1. The Kier molecular flexibility index (Phi) is 2.82. The van der Waals surface area contributed by atoms with Gasteiger partial charge in [0.15, 0.2) is 6.67 Å². The van der Waals surface area contributed by atoms with Crippen LogP contribution in [0.4, 0.5) is 4.39 Å². The second-order valence-electron chi connectivity index (χ2n) is 0.422.